The van der Waals surface area contributed by atoms with E-state index in [-0.39, 0.29) is 5.91 Å². The van der Waals surface area contributed by atoms with Gasteiger partial charge in [-0.1, -0.05) is 12.1 Å². The second-order valence-electron chi connectivity index (χ2n) is 8.01. The van der Waals surface area contributed by atoms with Gasteiger partial charge in [0.25, 0.3) is 5.91 Å². The Kier molecular flexibility index (Phi) is 4.36. The van der Waals surface area contributed by atoms with Gasteiger partial charge in [0.2, 0.25) is 0 Å². The maximum atomic E-state index is 12.9. The molecule has 0 radical (unpaired) electrons. The van der Waals surface area contributed by atoms with E-state index in [1.54, 1.807) is 6.21 Å². The predicted octanol–water partition coefficient (Wildman–Crippen LogP) is 3.23. The minimum atomic E-state index is -0.782. The Morgan fingerprint density at radius 3 is 2.61 bits per heavy atom. The summed E-state index contributed by atoms with van der Waals surface area (Å²) < 4.78 is 7.12. The van der Waals surface area contributed by atoms with Gasteiger partial charge in [0.05, 0.1) is 6.21 Å². The minimum Gasteiger partial charge on any atom is -0.360 e. The van der Waals surface area contributed by atoms with Crippen molar-refractivity contribution in [3.05, 3.63) is 34.8 Å². The van der Waals surface area contributed by atoms with Crippen LogP contribution < -0.4 is 5.32 Å². The molecule has 8 heteroatoms. The van der Waals surface area contributed by atoms with Crippen LogP contribution >= 0.6 is 0 Å². The molecule has 2 fully saturated rings. The molecule has 28 heavy (non-hydrogen) atoms. The van der Waals surface area contributed by atoms with Crippen LogP contribution in [0.5, 0.6) is 0 Å². The fraction of sp³-hybridized carbons (Fsp3) is 0.500. The summed E-state index contributed by atoms with van der Waals surface area (Å²) in [6, 6.07) is 3.35. The molecule has 1 saturated heterocycles. The molecule has 1 spiro atoms. The summed E-state index contributed by atoms with van der Waals surface area (Å²) in [5, 5.41) is 12.1. The highest BCUT2D eigenvalue weighted by molar-refractivity contribution is 6.07. The maximum absolute atomic E-state index is 12.9. The van der Waals surface area contributed by atoms with Crippen molar-refractivity contribution in [3.8, 4) is 5.82 Å². The second kappa shape index (κ2) is 6.61. The molecule has 3 amide bonds. The summed E-state index contributed by atoms with van der Waals surface area (Å²) in [5.41, 5.74) is 1.90. The molecular formula is C20H25N5O3. The Hall–Kier alpha value is -2.90. The lowest BCUT2D eigenvalue weighted by molar-refractivity contribution is -0.132. The topological polar surface area (TPSA) is 92.7 Å². The zero-order valence-electron chi connectivity index (χ0n) is 16.7. The van der Waals surface area contributed by atoms with Crippen LogP contribution in [0.15, 0.2) is 21.8 Å². The average molecular weight is 383 g/mol. The van der Waals surface area contributed by atoms with Crippen molar-refractivity contribution >= 4 is 18.2 Å². The lowest BCUT2D eigenvalue weighted by Gasteiger charge is -2.33. The van der Waals surface area contributed by atoms with Crippen LogP contribution in [0.2, 0.25) is 0 Å². The van der Waals surface area contributed by atoms with Crippen molar-refractivity contribution in [1.29, 1.82) is 0 Å². The van der Waals surface area contributed by atoms with Crippen LogP contribution in [0, 0.1) is 26.7 Å². The highest BCUT2D eigenvalue weighted by atomic mass is 16.5. The van der Waals surface area contributed by atoms with E-state index in [1.807, 2.05) is 37.5 Å². The molecule has 1 aliphatic carbocycles. The van der Waals surface area contributed by atoms with Crippen molar-refractivity contribution in [2.45, 2.75) is 58.9 Å². The molecule has 0 atom stereocenters. The molecule has 1 aliphatic heterocycles. The van der Waals surface area contributed by atoms with Crippen LogP contribution in [-0.4, -0.2) is 38.4 Å². The molecule has 8 nitrogen and oxygen atoms in total. The number of rotatable bonds is 3. The van der Waals surface area contributed by atoms with Crippen LogP contribution in [-0.2, 0) is 4.79 Å². The molecular weight excluding hydrogens is 358 g/mol. The number of amides is 3. The number of carbonyl (C=O) groups excluding carboxylic acids is 2. The smallest absolute Gasteiger partial charge is 0.346 e. The molecule has 0 unspecified atom stereocenters. The largest absolute Gasteiger partial charge is 0.360 e. The normalized spacial score (nSPS) is 25.3. The van der Waals surface area contributed by atoms with Crippen LogP contribution in [0.3, 0.4) is 0 Å². The highest BCUT2D eigenvalue weighted by Gasteiger charge is 2.52. The zero-order valence-corrected chi connectivity index (χ0v) is 16.7. The number of urea groups is 1. The number of nitrogens with one attached hydrogen (secondary N) is 1. The average Bonchev–Trinajstić information content (AvgIpc) is 3.26. The van der Waals surface area contributed by atoms with E-state index in [0.29, 0.717) is 24.6 Å². The fourth-order valence-corrected chi connectivity index (χ4v) is 4.15. The van der Waals surface area contributed by atoms with Crippen LogP contribution in [0.25, 0.3) is 5.82 Å². The molecule has 2 aromatic heterocycles. The first-order chi connectivity index (χ1) is 13.3. The van der Waals surface area contributed by atoms with E-state index in [0.717, 1.165) is 40.6 Å². The fourth-order valence-electron chi connectivity index (χ4n) is 4.15. The van der Waals surface area contributed by atoms with E-state index >= 15 is 0 Å². The van der Waals surface area contributed by atoms with Gasteiger partial charge in [-0.15, -0.1) is 5.01 Å². The quantitative estimate of drug-likeness (QED) is 0.650. The number of imide groups is 1. The molecule has 1 N–H and O–H groups in total. The Balaban J connectivity index is 1.58. The minimum absolute atomic E-state index is 0.249. The standard InChI is InChI=1S/C20H25N5O3/c1-12-5-7-20(8-6-12)18(26)25(19(27)22-20)21-11-16-9-13(2)24(15(16)4)17-10-14(3)28-23-17/h9-12H,5-8H2,1-4H3,(H,22,27)/b21-11+. The molecule has 2 aromatic rings. The van der Waals surface area contributed by atoms with E-state index < -0.39 is 11.6 Å². The molecule has 0 aromatic carbocycles. The first-order valence-electron chi connectivity index (χ1n) is 9.64. The van der Waals surface area contributed by atoms with Crippen molar-refractivity contribution in [3.63, 3.8) is 0 Å². The summed E-state index contributed by atoms with van der Waals surface area (Å²) in [5.74, 6) is 1.75. The Bertz CT molecular complexity index is 963. The number of carbonyl (C=O) groups is 2. The molecule has 0 bridgehead atoms. The van der Waals surface area contributed by atoms with Crippen molar-refractivity contribution in [2.75, 3.05) is 0 Å². The number of aromatic nitrogens is 2. The molecule has 3 heterocycles. The molecule has 1 saturated carbocycles. The second-order valence-corrected chi connectivity index (χ2v) is 8.01. The van der Waals surface area contributed by atoms with Gasteiger partial charge in [-0.3, -0.25) is 9.36 Å². The van der Waals surface area contributed by atoms with Gasteiger partial charge in [-0.2, -0.15) is 5.10 Å². The lowest BCUT2D eigenvalue weighted by atomic mass is 9.77. The van der Waals surface area contributed by atoms with Gasteiger partial charge in [-0.05, 0) is 58.4 Å². The van der Waals surface area contributed by atoms with Gasteiger partial charge in [0.1, 0.15) is 11.3 Å². The number of hydrazone groups is 1. The van der Waals surface area contributed by atoms with Crippen LogP contribution in [0.1, 0.15) is 55.3 Å². The lowest BCUT2D eigenvalue weighted by Crippen LogP contribution is -2.49. The molecule has 148 valence electrons. The number of hydrogen-bond acceptors (Lipinski definition) is 5. The Morgan fingerprint density at radius 2 is 1.96 bits per heavy atom. The van der Waals surface area contributed by atoms with Gasteiger partial charge in [0, 0.05) is 23.0 Å². The highest BCUT2D eigenvalue weighted by Crippen LogP contribution is 2.36. The third-order valence-corrected chi connectivity index (χ3v) is 5.90. The Morgan fingerprint density at radius 1 is 1.25 bits per heavy atom. The van der Waals surface area contributed by atoms with Gasteiger partial charge in [0.15, 0.2) is 5.82 Å². The first-order valence-corrected chi connectivity index (χ1v) is 9.64. The third-order valence-electron chi connectivity index (χ3n) is 5.90. The Labute approximate surface area is 163 Å². The van der Waals surface area contributed by atoms with Crippen molar-refractivity contribution in [1.82, 2.24) is 20.0 Å². The van der Waals surface area contributed by atoms with Gasteiger partial charge < -0.3 is 9.84 Å². The van der Waals surface area contributed by atoms with Gasteiger partial charge in [-0.25, -0.2) is 4.79 Å². The SMILES string of the molecule is Cc1cc(-n2c(C)cc(/C=N/N3C(=O)NC4(CCC(C)CC4)C3=O)c2C)no1. The monoisotopic (exact) mass is 383 g/mol. The third kappa shape index (κ3) is 2.93. The summed E-state index contributed by atoms with van der Waals surface area (Å²) in [6.07, 6.45) is 4.77. The number of nitrogens with zero attached hydrogens (tertiary/aromatic N) is 4. The summed E-state index contributed by atoms with van der Waals surface area (Å²) >= 11 is 0. The van der Waals surface area contributed by atoms with Crippen molar-refractivity contribution in [2.24, 2.45) is 11.0 Å². The van der Waals surface area contributed by atoms with Crippen molar-refractivity contribution < 1.29 is 14.1 Å². The van der Waals surface area contributed by atoms with Gasteiger partial charge >= 0.3 is 6.03 Å². The predicted molar refractivity (Wildman–Crippen MR) is 103 cm³/mol. The molecule has 2 aliphatic rings. The van der Waals surface area contributed by atoms with Crippen LogP contribution in [0.4, 0.5) is 4.79 Å². The van der Waals surface area contributed by atoms with E-state index in [4.69, 9.17) is 4.52 Å². The van der Waals surface area contributed by atoms with E-state index in [1.165, 1.54) is 0 Å². The van der Waals surface area contributed by atoms with E-state index in [9.17, 15) is 9.59 Å². The molecule has 4 rings (SSSR count). The summed E-state index contributed by atoms with van der Waals surface area (Å²) in [7, 11) is 0. The first kappa shape index (κ1) is 18.5. The number of hydrogen-bond donors (Lipinski definition) is 1. The van der Waals surface area contributed by atoms with E-state index in [2.05, 4.69) is 22.5 Å². The zero-order chi connectivity index (χ0) is 20.1. The maximum Gasteiger partial charge on any atom is 0.346 e. The summed E-state index contributed by atoms with van der Waals surface area (Å²) in [4.78, 5) is 25.3. The summed E-state index contributed by atoms with van der Waals surface area (Å²) in [6.45, 7) is 7.91. The number of aryl methyl sites for hydroxylation is 2.